The van der Waals surface area contributed by atoms with Gasteiger partial charge in [0.25, 0.3) is 0 Å². The van der Waals surface area contributed by atoms with Crippen molar-refractivity contribution < 1.29 is 0 Å². The molecule has 1 saturated carbocycles. The molecule has 0 spiro atoms. The molecule has 0 radical (unpaired) electrons. The molecule has 3 heteroatoms. The Kier molecular flexibility index (Phi) is 3.63. The quantitative estimate of drug-likeness (QED) is 0.847. The number of hydrogen-bond donors (Lipinski definition) is 1. The molecule has 1 aliphatic carbocycles. The lowest BCUT2D eigenvalue weighted by Gasteiger charge is -2.34. The molecule has 1 aromatic heterocycles. The molecule has 0 amide bonds. The van der Waals surface area contributed by atoms with Gasteiger partial charge in [0.2, 0.25) is 0 Å². The fraction of sp³-hybridized carbons (Fsp3) is 0.571. The zero-order valence-electron chi connectivity index (χ0n) is 10.5. The Labute approximate surface area is 103 Å². The van der Waals surface area contributed by atoms with E-state index in [1.54, 1.807) is 6.07 Å². The average molecular weight is 229 g/mol. The maximum atomic E-state index is 8.82. The summed E-state index contributed by atoms with van der Waals surface area (Å²) in [7, 11) is 0. The highest BCUT2D eigenvalue weighted by Crippen LogP contribution is 2.31. The average Bonchev–Trinajstić information content (AvgIpc) is 2.35. The Morgan fingerprint density at radius 3 is 2.94 bits per heavy atom. The van der Waals surface area contributed by atoms with Crippen LogP contribution in [0.25, 0.3) is 0 Å². The molecule has 0 bridgehead atoms. The monoisotopic (exact) mass is 229 g/mol. The van der Waals surface area contributed by atoms with Crippen LogP contribution in [0.1, 0.15) is 38.8 Å². The second-order valence-electron chi connectivity index (χ2n) is 5.04. The van der Waals surface area contributed by atoms with Crippen molar-refractivity contribution in [1.29, 1.82) is 5.26 Å². The van der Waals surface area contributed by atoms with Crippen molar-refractivity contribution in [2.24, 2.45) is 11.8 Å². The number of nitriles is 1. The molecule has 0 aromatic carbocycles. The van der Waals surface area contributed by atoms with Gasteiger partial charge in [-0.2, -0.15) is 5.26 Å². The van der Waals surface area contributed by atoms with Gasteiger partial charge in [-0.25, -0.2) is 4.98 Å². The van der Waals surface area contributed by atoms with Crippen LogP contribution in [0.4, 0.5) is 5.82 Å². The van der Waals surface area contributed by atoms with Crippen molar-refractivity contribution in [3.05, 3.63) is 23.9 Å². The summed E-state index contributed by atoms with van der Waals surface area (Å²) in [6.07, 6.45) is 3.80. The predicted molar refractivity (Wildman–Crippen MR) is 68.5 cm³/mol. The lowest BCUT2D eigenvalue weighted by Crippen LogP contribution is -2.35. The van der Waals surface area contributed by atoms with Gasteiger partial charge in [-0.1, -0.05) is 32.8 Å². The largest absolute Gasteiger partial charge is 0.367 e. The fourth-order valence-electron chi connectivity index (χ4n) is 2.55. The number of aromatic nitrogens is 1. The maximum absolute atomic E-state index is 8.82. The Bertz CT molecular complexity index is 422. The molecule has 1 heterocycles. The van der Waals surface area contributed by atoms with E-state index in [4.69, 9.17) is 5.26 Å². The summed E-state index contributed by atoms with van der Waals surface area (Å²) in [5.74, 6) is 2.26. The Morgan fingerprint density at radius 2 is 2.18 bits per heavy atom. The first-order valence-corrected chi connectivity index (χ1v) is 6.34. The summed E-state index contributed by atoms with van der Waals surface area (Å²) in [5.41, 5.74) is 0.478. The van der Waals surface area contributed by atoms with Crippen LogP contribution in [-0.2, 0) is 0 Å². The van der Waals surface area contributed by atoms with Gasteiger partial charge < -0.3 is 5.32 Å². The second-order valence-corrected chi connectivity index (χ2v) is 5.04. The highest BCUT2D eigenvalue weighted by Gasteiger charge is 2.26. The lowest BCUT2D eigenvalue weighted by molar-refractivity contribution is 0.253. The van der Waals surface area contributed by atoms with Crippen molar-refractivity contribution in [2.45, 2.75) is 39.2 Å². The summed E-state index contributed by atoms with van der Waals surface area (Å²) >= 11 is 0. The first-order chi connectivity index (χ1) is 8.20. The van der Waals surface area contributed by atoms with Crippen molar-refractivity contribution in [3.63, 3.8) is 0 Å². The number of hydrogen-bond acceptors (Lipinski definition) is 3. The van der Waals surface area contributed by atoms with E-state index in [9.17, 15) is 0 Å². The summed E-state index contributed by atoms with van der Waals surface area (Å²) in [4.78, 5) is 4.27. The molecule has 1 aromatic rings. The third kappa shape index (κ3) is 2.76. The molecule has 3 atom stereocenters. The molecular formula is C14H19N3. The Balaban J connectivity index is 2.07. The van der Waals surface area contributed by atoms with E-state index in [0.29, 0.717) is 17.7 Å². The van der Waals surface area contributed by atoms with Crippen molar-refractivity contribution in [2.75, 3.05) is 5.32 Å². The molecule has 0 aliphatic heterocycles. The number of pyridine rings is 1. The van der Waals surface area contributed by atoms with Crippen molar-refractivity contribution in [3.8, 4) is 6.07 Å². The van der Waals surface area contributed by atoms with E-state index in [0.717, 1.165) is 11.7 Å². The van der Waals surface area contributed by atoms with E-state index in [1.165, 1.54) is 19.3 Å². The van der Waals surface area contributed by atoms with Crippen LogP contribution < -0.4 is 5.32 Å². The van der Waals surface area contributed by atoms with E-state index < -0.39 is 0 Å². The fourth-order valence-corrected chi connectivity index (χ4v) is 2.55. The number of anilines is 1. The van der Waals surface area contributed by atoms with Crippen LogP contribution in [0.3, 0.4) is 0 Å². The van der Waals surface area contributed by atoms with E-state index >= 15 is 0 Å². The number of nitrogens with one attached hydrogen (secondary N) is 1. The van der Waals surface area contributed by atoms with Gasteiger partial charge in [-0.15, -0.1) is 0 Å². The molecule has 1 fully saturated rings. The Morgan fingerprint density at radius 1 is 1.35 bits per heavy atom. The van der Waals surface area contributed by atoms with E-state index in [-0.39, 0.29) is 0 Å². The molecule has 3 nitrogen and oxygen atoms in total. The Hall–Kier alpha value is -1.56. The van der Waals surface area contributed by atoms with Crippen molar-refractivity contribution >= 4 is 5.82 Å². The summed E-state index contributed by atoms with van der Waals surface area (Å²) in [5, 5.41) is 12.3. The van der Waals surface area contributed by atoms with Gasteiger partial charge in [0.1, 0.15) is 17.6 Å². The SMILES string of the molecule is CC1CCCC(Nc2cccc(C#N)n2)C1C. The van der Waals surface area contributed by atoms with Gasteiger partial charge in [0.05, 0.1) is 0 Å². The molecule has 17 heavy (non-hydrogen) atoms. The minimum absolute atomic E-state index is 0.478. The van der Waals surface area contributed by atoms with Crippen LogP contribution in [0.5, 0.6) is 0 Å². The van der Waals surface area contributed by atoms with Gasteiger partial charge >= 0.3 is 0 Å². The predicted octanol–water partition coefficient (Wildman–Crippen LogP) is 3.19. The van der Waals surface area contributed by atoms with Gasteiger partial charge in [0.15, 0.2) is 0 Å². The van der Waals surface area contributed by atoms with Gasteiger partial charge in [-0.05, 0) is 30.4 Å². The molecule has 1 N–H and O–H groups in total. The first kappa shape index (κ1) is 11.9. The van der Waals surface area contributed by atoms with Crippen LogP contribution in [0.15, 0.2) is 18.2 Å². The molecule has 0 saturated heterocycles. The third-order valence-electron chi connectivity index (χ3n) is 3.90. The first-order valence-electron chi connectivity index (χ1n) is 6.34. The molecule has 1 aliphatic rings. The van der Waals surface area contributed by atoms with Gasteiger partial charge in [0, 0.05) is 6.04 Å². The van der Waals surface area contributed by atoms with E-state index in [1.807, 2.05) is 12.1 Å². The van der Waals surface area contributed by atoms with Crippen LogP contribution in [0.2, 0.25) is 0 Å². The maximum Gasteiger partial charge on any atom is 0.142 e. The lowest BCUT2D eigenvalue weighted by atomic mass is 9.78. The molecule has 3 unspecified atom stereocenters. The molecular weight excluding hydrogens is 210 g/mol. The topological polar surface area (TPSA) is 48.7 Å². The smallest absolute Gasteiger partial charge is 0.142 e. The second kappa shape index (κ2) is 5.18. The highest BCUT2D eigenvalue weighted by atomic mass is 15.0. The van der Waals surface area contributed by atoms with Crippen LogP contribution in [0, 0.1) is 23.2 Å². The summed E-state index contributed by atoms with van der Waals surface area (Å²) < 4.78 is 0. The van der Waals surface area contributed by atoms with Crippen LogP contribution in [-0.4, -0.2) is 11.0 Å². The summed E-state index contributed by atoms with van der Waals surface area (Å²) in [6.45, 7) is 4.62. The standard InChI is InChI=1S/C14H19N3/c1-10-5-3-7-13(11(10)2)17-14-8-4-6-12(9-15)16-14/h4,6,8,10-11,13H,3,5,7H2,1-2H3,(H,16,17). The van der Waals surface area contributed by atoms with E-state index in [2.05, 4.69) is 30.2 Å². The minimum atomic E-state index is 0.478. The zero-order valence-corrected chi connectivity index (χ0v) is 10.5. The number of nitrogens with zero attached hydrogens (tertiary/aromatic N) is 2. The van der Waals surface area contributed by atoms with Gasteiger partial charge in [-0.3, -0.25) is 0 Å². The number of rotatable bonds is 2. The third-order valence-corrected chi connectivity index (χ3v) is 3.90. The van der Waals surface area contributed by atoms with Crippen molar-refractivity contribution in [1.82, 2.24) is 4.98 Å². The van der Waals surface area contributed by atoms with Crippen LogP contribution >= 0.6 is 0 Å². The summed E-state index contributed by atoms with van der Waals surface area (Å²) in [6, 6.07) is 8.11. The highest BCUT2D eigenvalue weighted by molar-refractivity contribution is 5.39. The normalized spacial score (nSPS) is 28.4. The molecule has 2 rings (SSSR count). The molecule has 90 valence electrons. The minimum Gasteiger partial charge on any atom is -0.367 e. The zero-order chi connectivity index (χ0) is 12.3.